The number of aryl methyl sites for hydroxylation is 3. The minimum absolute atomic E-state index is 0.0182. The highest BCUT2D eigenvalue weighted by Gasteiger charge is 2.28. The van der Waals surface area contributed by atoms with Gasteiger partial charge in [-0.1, -0.05) is 29.8 Å². The molecule has 0 saturated carbocycles. The Hall–Kier alpha value is -3.12. The second-order valence-electron chi connectivity index (χ2n) is 7.58. The van der Waals surface area contributed by atoms with Gasteiger partial charge in [0.1, 0.15) is 17.1 Å². The second-order valence-corrected chi connectivity index (χ2v) is 7.99. The van der Waals surface area contributed by atoms with E-state index in [2.05, 4.69) is 9.97 Å². The number of carbonyl (C=O) groups is 1. The zero-order valence-electron chi connectivity index (χ0n) is 16.6. The maximum Gasteiger partial charge on any atom is 0.270 e. The molecule has 0 fully saturated rings. The van der Waals surface area contributed by atoms with Crippen molar-refractivity contribution < 1.29 is 9.21 Å². The number of para-hydroxylation sites is 1. The van der Waals surface area contributed by atoms with Crippen LogP contribution in [-0.2, 0) is 32.9 Å². The van der Waals surface area contributed by atoms with Gasteiger partial charge in [-0.3, -0.25) is 9.78 Å². The topological polar surface area (TPSA) is 64.2 Å². The van der Waals surface area contributed by atoms with E-state index in [-0.39, 0.29) is 5.91 Å². The number of hydrogen-bond donors (Lipinski definition) is 0. The Morgan fingerprint density at radius 2 is 2.13 bits per heavy atom. The van der Waals surface area contributed by atoms with E-state index < -0.39 is 0 Å². The molecule has 1 amide bonds. The molecule has 152 valence electrons. The molecule has 0 aliphatic carbocycles. The van der Waals surface area contributed by atoms with Gasteiger partial charge in [0.05, 0.1) is 17.1 Å². The summed E-state index contributed by atoms with van der Waals surface area (Å²) in [4.78, 5) is 23.9. The van der Waals surface area contributed by atoms with E-state index in [0.29, 0.717) is 36.6 Å². The zero-order valence-corrected chi connectivity index (χ0v) is 17.4. The summed E-state index contributed by atoms with van der Waals surface area (Å²) in [5.41, 5.74) is 3.51. The molecule has 7 heteroatoms. The van der Waals surface area contributed by atoms with Gasteiger partial charge in [0.15, 0.2) is 5.89 Å². The summed E-state index contributed by atoms with van der Waals surface area (Å²) in [5.74, 6) is 1.59. The lowest BCUT2D eigenvalue weighted by Gasteiger charge is -2.25. The number of halogens is 1. The largest absolute Gasteiger partial charge is 0.445 e. The fourth-order valence-corrected chi connectivity index (χ4v) is 4.37. The number of pyridine rings is 1. The fraction of sp³-hybridized carbons (Fsp3) is 0.261. The highest BCUT2D eigenvalue weighted by Crippen LogP contribution is 2.28. The van der Waals surface area contributed by atoms with Gasteiger partial charge in [-0.25, -0.2) is 4.98 Å². The van der Waals surface area contributed by atoms with Crippen molar-refractivity contribution in [1.29, 1.82) is 0 Å². The molecule has 3 aromatic heterocycles. The Labute approximate surface area is 179 Å². The summed E-state index contributed by atoms with van der Waals surface area (Å²) in [6, 6.07) is 11.6. The van der Waals surface area contributed by atoms with Crippen LogP contribution >= 0.6 is 11.6 Å². The van der Waals surface area contributed by atoms with Gasteiger partial charge in [-0.15, -0.1) is 0 Å². The lowest BCUT2D eigenvalue weighted by atomic mass is 10.1. The first-order valence-corrected chi connectivity index (χ1v) is 10.4. The highest BCUT2D eigenvalue weighted by molar-refractivity contribution is 6.35. The number of nitrogens with zero attached hydrogens (tertiary/aromatic N) is 4. The monoisotopic (exact) mass is 420 g/mol. The standard InChI is InChI=1S/C23H21ClN4O2/c1-27-19(12-16-5-2-6-17(24)22(16)27)23(29)28-11-9-20-18(14-28)26-21(30-20)8-7-15-4-3-10-25-13-15/h2-6,10,12-13H,7-9,11,14H2,1H3. The number of amides is 1. The molecule has 0 bridgehead atoms. The van der Waals surface area contributed by atoms with Crippen molar-refractivity contribution in [3.63, 3.8) is 0 Å². The van der Waals surface area contributed by atoms with E-state index in [4.69, 9.17) is 16.0 Å². The Morgan fingerprint density at radius 1 is 1.23 bits per heavy atom. The van der Waals surface area contributed by atoms with Crippen LogP contribution < -0.4 is 0 Å². The molecule has 30 heavy (non-hydrogen) atoms. The van der Waals surface area contributed by atoms with E-state index in [1.54, 1.807) is 6.20 Å². The summed E-state index contributed by atoms with van der Waals surface area (Å²) < 4.78 is 7.83. The van der Waals surface area contributed by atoms with Gasteiger partial charge >= 0.3 is 0 Å². The second kappa shape index (κ2) is 7.61. The molecule has 4 aromatic rings. The SMILES string of the molecule is Cn1c(C(=O)N2CCc3oc(CCc4cccnc4)nc3C2)cc2cccc(Cl)c21. The lowest BCUT2D eigenvalue weighted by molar-refractivity contribution is 0.0718. The van der Waals surface area contributed by atoms with Crippen LogP contribution in [0.2, 0.25) is 5.02 Å². The average Bonchev–Trinajstić information content (AvgIpc) is 3.33. The minimum Gasteiger partial charge on any atom is -0.445 e. The van der Waals surface area contributed by atoms with Crippen molar-refractivity contribution in [3.8, 4) is 0 Å². The van der Waals surface area contributed by atoms with Crippen LogP contribution in [-0.4, -0.2) is 31.9 Å². The molecule has 0 radical (unpaired) electrons. The molecule has 1 aromatic carbocycles. The third-order valence-electron chi connectivity index (χ3n) is 5.64. The molecule has 1 aliphatic rings. The third-order valence-corrected chi connectivity index (χ3v) is 5.94. The van der Waals surface area contributed by atoms with Gasteiger partial charge in [-0.05, 0) is 30.2 Å². The van der Waals surface area contributed by atoms with Gasteiger partial charge in [0.2, 0.25) is 0 Å². The number of rotatable bonds is 4. The number of carbonyl (C=O) groups excluding carboxylic acids is 1. The van der Waals surface area contributed by atoms with Crippen molar-refractivity contribution in [2.24, 2.45) is 7.05 Å². The Kier molecular flexibility index (Phi) is 4.79. The maximum absolute atomic E-state index is 13.2. The summed E-state index contributed by atoms with van der Waals surface area (Å²) in [6.45, 7) is 1.07. The van der Waals surface area contributed by atoms with Crippen LogP contribution in [0, 0.1) is 0 Å². The van der Waals surface area contributed by atoms with E-state index in [1.807, 2.05) is 59.1 Å². The third kappa shape index (κ3) is 3.37. The van der Waals surface area contributed by atoms with Crippen molar-refractivity contribution in [1.82, 2.24) is 19.4 Å². The van der Waals surface area contributed by atoms with Crippen molar-refractivity contribution in [3.05, 3.63) is 82.4 Å². The fourth-order valence-electron chi connectivity index (χ4n) is 4.06. The number of aromatic nitrogens is 3. The number of benzene rings is 1. The normalized spacial score (nSPS) is 13.6. The summed E-state index contributed by atoms with van der Waals surface area (Å²) in [7, 11) is 1.88. The van der Waals surface area contributed by atoms with Gasteiger partial charge in [0, 0.05) is 44.2 Å². The molecule has 0 spiro atoms. The van der Waals surface area contributed by atoms with E-state index in [0.717, 1.165) is 40.2 Å². The first-order chi connectivity index (χ1) is 14.6. The number of hydrogen-bond acceptors (Lipinski definition) is 4. The number of fused-ring (bicyclic) bond motifs is 2. The van der Waals surface area contributed by atoms with Crippen molar-refractivity contribution in [2.45, 2.75) is 25.8 Å². The van der Waals surface area contributed by atoms with Crippen LogP contribution in [0.4, 0.5) is 0 Å². The minimum atomic E-state index is -0.0182. The Bertz CT molecular complexity index is 1230. The lowest BCUT2D eigenvalue weighted by Crippen LogP contribution is -2.36. The van der Waals surface area contributed by atoms with Crippen molar-refractivity contribution >= 4 is 28.4 Å². The summed E-state index contributed by atoms with van der Waals surface area (Å²) in [5, 5.41) is 1.61. The molecule has 0 atom stereocenters. The molecule has 5 rings (SSSR count). The van der Waals surface area contributed by atoms with E-state index in [1.165, 1.54) is 0 Å². The molecule has 6 nitrogen and oxygen atoms in total. The van der Waals surface area contributed by atoms with Crippen molar-refractivity contribution in [2.75, 3.05) is 6.54 Å². The predicted molar refractivity (Wildman–Crippen MR) is 115 cm³/mol. The smallest absolute Gasteiger partial charge is 0.270 e. The molecule has 0 unspecified atom stereocenters. The molecular weight excluding hydrogens is 400 g/mol. The van der Waals surface area contributed by atoms with Crippen LogP contribution in [0.15, 0.2) is 53.2 Å². The van der Waals surface area contributed by atoms with Crippen LogP contribution in [0.3, 0.4) is 0 Å². The maximum atomic E-state index is 13.2. The first-order valence-electron chi connectivity index (χ1n) is 10.00. The summed E-state index contributed by atoms with van der Waals surface area (Å²) >= 11 is 6.34. The van der Waals surface area contributed by atoms with Crippen LogP contribution in [0.5, 0.6) is 0 Å². The Morgan fingerprint density at radius 3 is 2.93 bits per heavy atom. The zero-order chi connectivity index (χ0) is 20.7. The van der Waals surface area contributed by atoms with Gasteiger partial charge in [-0.2, -0.15) is 0 Å². The van der Waals surface area contributed by atoms with E-state index in [9.17, 15) is 4.79 Å². The van der Waals surface area contributed by atoms with Gasteiger partial charge < -0.3 is 13.9 Å². The van der Waals surface area contributed by atoms with Gasteiger partial charge in [0.25, 0.3) is 5.91 Å². The number of oxazole rings is 1. The summed E-state index contributed by atoms with van der Waals surface area (Å²) in [6.07, 6.45) is 5.84. The van der Waals surface area contributed by atoms with E-state index >= 15 is 0 Å². The first kappa shape index (κ1) is 18.9. The van der Waals surface area contributed by atoms with Crippen LogP contribution in [0.1, 0.15) is 33.4 Å². The molecule has 4 heterocycles. The predicted octanol–water partition coefficient (Wildman–Crippen LogP) is 4.20. The average molecular weight is 421 g/mol. The van der Waals surface area contributed by atoms with Crippen LogP contribution in [0.25, 0.3) is 10.9 Å². The molecule has 0 saturated heterocycles. The Balaban J connectivity index is 1.33. The quantitative estimate of drug-likeness (QED) is 0.496. The molecular formula is C23H21ClN4O2. The molecule has 1 aliphatic heterocycles. The molecule has 0 N–H and O–H groups in total. The highest BCUT2D eigenvalue weighted by atomic mass is 35.5.